The van der Waals surface area contributed by atoms with Crippen LogP contribution in [0.25, 0.3) is 0 Å². The van der Waals surface area contributed by atoms with Gasteiger partial charge in [0.25, 0.3) is 0 Å². The van der Waals surface area contributed by atoms with Crippen LogP contribution in [-0.2, 0) is 26.9 Å². The molecule has 0 fully saturated rings. The summed E-state index contributed by atoms with van der Waals surface area (Å²) in [5, 5.41) is 6.38. The third kappa shape index (κ3) is 9.48. The van der Waals surface area contributed by atoms with Gasteiger partial charge in [-0.2, -0.15) is 0 Å². The lowest BCUT2D eigenvalue weighted by Gasteiger charge is -2.15. The molecule has 2 N–H and O–H groups in total. The number of rotatable bonds is 11. The molecule has 0 aliphatic rings. The zero-order valence-electron chi connectivity index (χ0n) is 18.4. The number of nitrogens with one attached hydrogen (secondary N) is 2. The predicted octanol–water partition coefficient (Wildman–Crippen LogP) is 3.59. The molecule has 0 bridgehead atoms. The van der Waals surface area contributed by atoms with Crippen LogP contribution in [-0.4, -0.2) is 40.3 Å². The van der Waals surface area contributed by atoms with Crippen molar-refractivity contribution in [3.05, 3.63) is 71.0 Å². The quantitative estimate of drug-likeness (QED) is 0.311. The second kappa shape index (κ2) is 12.4. The van der Waals surface area contributed by atoms with E-state index in [1.165, 1.54) is 18.2 Å². The van der Waals surface area contributed by atoms with Gasteiger partial charge >= 0.3 is 0 Å². The third-order valence-corrected chi connectivity index (χ3v) is 5.42. The average molecular weight is 450 g/mol. The fourth-order valence-corrected chi connectivity index (χ4v) is 3.88. The van der Waals surface area contributed by atoms with Crippen molar-refractivity contribution in [1.29, 1.82) is 0 Å². The first-order chi connectivity index (χ1) is 14.8. The molecular weight excluding hydrogens is 417 g/mol. The molecule has 1 atom stereocenters. The molecule has 0 aromatic heterocycles. The predicted molar refractivity (Wildman–Crippen MR) is 123 cm³/mol. The zero-order chi connectivity index (χ0) is 22.7. The lowest BCUT2D eigenvalue weighted by Crippen LogP contribution is -2.38. The lowest BCUT2D eigenvalue weighted by atomic mass is 10.1. The van der Waals surface area contributed by atoms with Gasteiger partial charge in [-0.25, -0.2) is 17.8 Å². The van der Waals surface area contributed by atoms with E-state index in [1.807, 2.05) is 44.2 Å². The highest BCUT2D eigenvalue weighted by Gasteiger charge is 2.11. The van der Waals surface area contributed by atoms with Crippen molar-refractivity contribution < 1.29 is 17.5 Å². The van der Waals surface area contributed by atoms with Crippen LogP contribution in [0, 0.1) is 5.82 Å². The number of ether oxygens (including phenoxy) is 1. The molecule has 0 spiro atoms. The maximum Gasteiger partial charge on any atom is 0.191 e. The smallest absolute Gasteiger partial charge is 0.191 e. The van der Waals surface area contributed by atoms with E-state index in [-0.39, 0.29) is 18.4 Å². The van der Waals surface area contributed by atoms with Crippen LogP contribution in [0.1, 0.15) is 43.1 Å². The average Bonchev–Trinajstić information content (AvgIpc) is 2.73. The maximum absolute atomic E-state index is 13.7. The largest absolute Gasteiger partial charge is 0.374 e. The van der Waals surface area contributed by atoms with E-state index < -0.39 is 15.7 Å². The summed E-state index contributed by atoms with van der Waals surface area (Å²) in [6.07, 6.45) is 1.99. The van der Waals surface area contributed by atoms with Crippen LogP contribution in [0.4, 0.5) is 4.39 Å². The number of hydrogen-bond donors (Lipinski definition) is 2. The van der Waals surface area contributed by atoms with Crippen molar-refractivity contribution in [3.63, 3.8) is 0 Å². The van der Waals surface area contributed by atoms with Crippen LogP contribution < -0.4 is 10.6 Å². The standard InChI is InChI=1S/C23H32FN3O3S/c1-4-25-23(26-13-8-14-30-18(2)19-9-6-5-7-10-19)27-16-21-15-22(24)12-11-20(21)17-31(3,28)29/h5-7,9-12,15,18H,4,8,13-14,16-17H2,1-3H3,(H2,25,26,27). The number of nitrogens with zero attached hydrogens (tertiary/aromatic N) is 1. The van der Waals surface area contributed by atoms with Crippen molar-refractivity contribution in [3.8, 4) is 0 Å². The molecule has 0 amide bonds. The van der Waals surface area contributed by atoms with Crippen LogP contribution in [0.5, 0.6) is 0 Å². The minimum Gasteiger partial charge on any atom is -0.374 e. The van der Waals surface area contributed by atoms with Crippen LogP contribution in [0.15, 0.2) is 53.5 Å². The van der Waals surface area contributed by atoms with Gasteiger partial charge in [0.2, 0.25) is 0 Å². The Morgan fingerprint density at radius 3 is 2.55 bits per heavy atom. The third-order valence-electron chi connectivity index (χ3n) is 4.59. The first kappa shape index (κ1) is 24.8. The number of guanidine groups is 1. The Kier molecular flexibility index (Phi) is 9.94. The zero-order valence-corrected chi connectivity index (χ0v) is 19.2. The van der Waals surface area contributed by atoms with E-state index in [0.29, 0.717) is 36.8 Å². The summed E-state index contributed by atoms with van der Waals surface area (Å²) in [5.74, 6) is 0.0391. The van der Waals surface area contributed by atoms with Gasteiger partial charge in [-0.05, 0) is 49.1 Å². The minimum atomic E-state index is -3.23. The fraction of sp³-hybridized carbons (Fsp3) is 0.435. The van der Waals surface area contributed by atoms with Gasteiger partial charge in [-0.3, -0.25) is 0 Å². The van der Waals surface area contributed by atoms with E-state index in [1.54, 1.807) is 0 Å². The van der Waals surface area contributed by atoms with Crippen LogP contribution >= 0.6 is 0 Å². The number of sulfone groups is 1. The summed E-state index contributed by atoms with van der Waals surface area (Å²) >= 11 is 0. The summed E-state index contributed by atoms with van der Waals surface area (Å²) in [6.45, 7) is 6.10. The van der Waals surface area contributed by atoms with E-state index in [2.05, 4.69) is 15.6 Å². The molecule has 0 saturated carbocycles. The Bertz CT molecular complexity index is 950. The first-order valence-electron chi connectivity index (χ1n) is 10.4. The number of benzene rings is 2. The first-order valence-corrected chi connectivity index (χ1v) is 12.5. The highest BCUT2D eigenvalue weighted by atomic mass is 32.2. The summed E-state index contributed by atoms with van der Waals surface area (Å²) in [4.78, 5) is 4.49. The van der Waals surface area contributed by atoms with E-state index in [4.69, 9.17) is 4.74 Å². The fourth-order valence-electron chi connectivity index (χ4n) is 3.03. The minimum absolute atomic E-state index is 0.0318. The van der Waals surface area contributed by atoms with Gasteiger partial charge in [0.05, 0.1) is 18.4 Å². The molecule has 0 heterocycles. The van der Waals surface area contributed by atoms with Gasteiger partial charge in [-0.15, -0.1) is 0 Å². The normalized spacial score (nSPS) is 13.1. The molecule has 8 heteroatoms. The second-order valence-electron chi connectivity index (χ2n) is 7.38. The molecule has 1 unspecified atom stereocenters. The second-order valence-corrected chi connectivity index (χ2v) is 9.52. The van der Waals surface area contributed by atoms with Crippen LogP contribution in [0.2, 0.25) is 0 Å². The van der Waals surface area contributed by atoms with Crippen molar-refractivity contribution in [2.45, 2.75) is 38.7 Å². The molecule has 2 aromatic rings. The summed E-state index contributed by atoms with van der Waals surface area (Å²) in [7, 11) is -3.23. The molecule has 170 valence electrons. The van der Waals surface area contributed by atoms with Crippen molar-refractivity contribution in [2.24, 2.45) is 4.99 Å². The molecule has 31 heavy (non-hydrogen) atoms. The van der Waals surface area contributed by atoms with Gasteiger partial charge in [0.1, 0.15) is 5.82 Å². The number of halogens is 1. The molecule has 0 radical (unpaired) electrons. The van der Waals surface area contributed by atoms with Gasteiger partial charge in [0.15, 0.2) is 15.8 Å². The van der Waals surface area contributed by atoms with E-state index >= 15 is 0 Å². The topological polar surface area (TPSA) is 79.8 Å². The Labute approximate surface area is 184 Å². The molecule has 0 aliphatic carbocycles. The Hall–Kier alpha value is -2.45. The van der Waals surface area contributed by atoms with Gasteiger partial charge < -0.3 is 15.4 Å². The van der Waals surface area contributed by atoms with Crippen molar-refractivity contribution in [1.82, 2.24) is 10.6 Å². The Morgan fingerprint density at radius 1 is 1.13 bits per heavy atom. The maximum atomic E-state index is 13.7. The van der Waals surface area contributed by atoms with Crippen molar-refractivity contribution >= 4 is 15.8 Å². The molecule has 0 saturated heterocycles. The molecular formula is C23H32FN3O3S. The van der Waals surface area contributed by atoms with E-state index in [9.17, 15) is 12.8 Å². The lowest BCUT2D eigenvalue weighted by molar-refractivity contribution is 0.0646. The van der Waals surface area contributed by atoms with Gasteiger partial charge in [-0.1, -0.05) is 36.4 Å². The monoisotopic (exact) mass is 449 g/mol. The molecule has 0 aliphatic heterocycles. The molecule has 2 rings (SSSR count). The molecule has 6 nitrogen and oxygen atoms in total. The Morgan fingerprint density at radius 2 is 1.87 bits per heavy atom. The summed E-state index contributed by atoms with van der Waals surface area (Å²) in [6, 6.07) is 14.2. The number of hydrogen-bond acceptors (Lipinski definition) is 4. The molecule has 2 aromatic carbocycles. The SMILES string of the molecule is CCNC(=NCc1cc(F)ccc1CS(C)(=O)=O)NCCCOC(C)c1ccccc1. The highest BCUT2D eigenvalue weighted by Crippen LogP contribution is 2.16. The summed E-state index contributed by atoms with van der Waals surface area (Å²) < 4.78 is 42.9. The Balaban J connectivity index is 1.88. The highest BCUT2D eigenvalue weighted by molar-refractivity contribution is 7.89. The van der Waals surface area contributed by atoms with Gasteiger partial charge in [0, 0.05) is 26.0 Å². The number of aliphatic imine (C=N–C) groups is 1. The summed E-state index contributed by atoms with van der Waals surface area (Å²) in [5.41, 5.74) is 2.26. The van der Waals surface area contributed by atoms with Crippen molar-refractivity contribution in [2.75, 3.05) is 26.0 Å². The van der Waals surface area contributed by atoms with Crippen LogP contribution in [0.3, 0.4) is 0 Å². The van der Waals surface area contributed by atoms with E-state index in [0.717, 1.165) is 18.2 Å².